The molecule has 4 heteroatoms. The Morgan fingerprint density at radius 2 is 2.10 bits per heavy atom. The van der Waals surface area contributed by atoms with E-state index >= 15 is 0 Å². The Hall–Kier alpha value is -0.610. The minimum atomic E-state index is -1.10. The number of hydrogen-bond donors (Lipinski definition) is 2. The first-order valence-corrected chi connectivity index (χ1v) is 8.31. The Bertz CT molecular complexity index is 409. The third-order valence-corrected chi connectivity index (χ3v) is 6.86. The lowest BCUT2D eigenvalue weighted by atomic mass is 9.70. The fraction of sp³-hybridized carbons (Fsp3) is 0.941. The van der Waals surface area contributed by atoms with Crippen molar-refractivity contribution in [1.82, 2.24) is 0 Å². The maximum Gasteiger partial charge on any atom is 0.323 e. The fourth-order valence-electron chi connectivity index (χ4n) is 4.43. The number of ether oxygens (including phenoxy) is 1. The summed E-state index contributed by atoms with van der Waals surface area (Å²) in [6, 6.07) is 0. The second-order valence-electron chi connectivity index (χ2n) is 7.89. The van der Waals surface area contributed by atoms with Gasteiger partial charge in [0, 0.05) is 6.61 Å². The first kappa shape index (κ1) is 16.8. The molecule has 0 aromatic rings. The van der Waals surface area contributed by atoms with Gasteiger partial charge >= 0.3 is 5.97 Å². The van der Waals surface area contributed by atoms with E-state index in [9.17, 15) is 9.90 Å². The molecule has 0 aromatic heterocycles. The highest BCUT2D eigenvalue weighted by atomic mass is 16.5. The van der Waals surface area contributed by atoms with Crippen LogP contribution in [0.4, 0.5) is 0 Å². The normalized spacial score (nSPS) is 36.6. The van der Waals surface area contributed by atoms with Crippen LogP contribution in [0.3, 0.4) is 0 Å². The number of aliphatic carboxylic acids is 1. The Morgan fingerprint density at radius 1 is 1.43 bits per heavy atom. The molecule has 0 saturated heterocycles. The highest BCUT2D eigenvalue weighted by Crippen LogP contribution is 2.66. The van der Waals surface area contributed by atoms with E-state index in [1.807, 2.05) is 6.92 Å². The maximum atomic E-state index is 11.2. The topological polar surface area (TPSA) is 72.5 Å². The second-order valence-corrected chi connectivity index (χ2v) is 7.89. The number of hydrogen-bond acceptors (Lipinski definition) is 3. The lowest BCUT2D eigenvalue weighted by Gasteiger charge is -2.39. The van der Waals surface area contributed by atoms with Crippen LogP contribution in [0.5, 0.6) is 0 Å². The zero-order chi connectivity index (χ0) is 15.9. The Balaban J connectivity index is 1.82. The predicted molar refractivity (Wildman–Crippen MR) is 83.0 cm³/mol. The summed E-state index contributed by atoms with van der Waals surface area (Å²) in [6.07, 6.45) is 5.71. The van der Waals surface area contributed by atoms with Gasteiger partial charge in [0.15, 0.2) is 0 Å². The molecular weight excluding hydrogens is 266 g/mol. The smallest absolute Gasteiger partial charge is 0.323 e. The third kappa shape index (κ3) is 2.61. The first-order valence-electron chi connectivity index (χ1n) is 8.31. The zero-order valence-electron chi connectivity index (χ0n) is 13.9. The number of carboxylic acid groups (broad SMARTS) is 1. The molecule has 2 saturated carbocycles. The van der Waals surface area contributed by atoms with Crippen molar-refractivity contribution in [1.29, 1.82) is 0 Å². The van der Waals surface area contributed by atoms with Crippen LogP contribution in [0.15, 0.2) is 0 Å². The van der Waals surface area contributed by atoms with Gasteiger partial charge in [-0.25, -0.2) is 0 Å². The summed E-state index contributed by atoms with van der Waals surface area (Å²) in [5.74, 6) is -0.131. The average molecular weight is 297 g/mol. The van der Waals surface area contributed by atoms with Gasteiger partial charge in [0.2, 0.25) is 0 Å². The Morgan fingerprint density at radius 3 is 2.52 bits per heavy atom. The van der Waals surface area contributed by atoms with Gasteiger partial charge in [-0.05, 0) is 55.3 Å². The van der Waals surface area contributed by atoms with E-state index in [2.05, 4.69) is 20.8 Å². The maximum absolute atomic E-state index is 11.2. The van der Waals surface area contributed by atoms with E-state index in [4.69, 9.17) is 10.5 Å². The molecule has 4 unspecified atom stereocenters. The van der Waals surface area contributed by atoms with Crippen molar-refractivity contribution in [2.75, 3.05) is 6.61 Å². The molecule has 2 rings (SSSR count). The van der Waals surface area contributed by atoms with Gasteiger partial charge in [-0.2, -0.15) is 0 Å². The fourth-order valence-corrected chi connectivity index (χ4v) is 4.43. The zero-order valence-corrected chi connectivity index (χ0v) is 13.9. The second kappa shape index (κ2) is 5.54. The average Bonchev–Trinajstić information content (AvgIpc) is 2.76. The van der Waals surface area contributed by atoms with Crippen LogP contribution >= 0.6 is 0 Å². The number of carboxylic acids is 1. The van der Waals surface area contributed by atoms with E-state index < -0.39 is 11.5 Å². The molecule has 0 aromatic carbocycles. The molecule has 0 amide bonds. The Kier molecular flexibility index (Phi) is 4.42. The highest BCUT2D eigenvalue weighted by Gasteiger charge is 2.61. The summed E-state index contributed by atoms with van der Waals surface area (Å²) in [7, 11) is 0. The van der Waals surface area contributed by atoms with Gasteiger partial charge in [0.05, 0.1) is 6.10 Å². The Labute approximate surface area is 128 Å². The highest BCUT2D eigenvalue weighted by molar-refractivity contribution is 5.78. The lowest BCUT2D eigenvalue weighted by molar-refractivity contribution is -0.144. The van der Waals surface area contributed by atoms with E-state index in [0.717, 1.165) is 12.3 Å². The molecule has 4 nitrogen and oxygen atoms in total. The molecule has 2 aliphatic rings. The molecule has 0 spiro atoms. The summed E-state index contributed by atoms with van der Waals surface area (Å²) in [6.45, 7) is 9.56. The number of fused-ring (bicyclic) bond motifs is 2. The molecule has 2 fully saturated rings. The minimum Gasteiger partial charge on any atom is -0.480 e. The summed E-state index contributed by atoms with van der Waals surface area (Å²) >= 11 is 0. The molecular formula is C17H31NO3. The number of carbonyl (C=O) groups is 1. The quantitative estimate of drug-likeness (QED) is 0.708. The van der Waals surface area contributed by atoms with Crippen molar-refractivity contribution in [2.24, 2.45) is 22.5 Å². The van der Waals surface area contributed by atoms with Gasteiger partial charge in [0.25, 0.3) is 0 Å². The first-order chi connectivity index (χ1) is 9.67. The molecule has 3 N–H and O–H groups in total. The SMILES string of the molecule is CCC(N)(CCCOC1CC2CCC1(C)C2(C)C)C(=O)O. The van der Waals surface area contributed by atoms with Crippen molar-refractivity contribution in [2.45, 2.75) is 77.9 Å². The van der Waals surface area contributed by atoms with Gasteiger partial charge in [0.1, 0.15) is 5.54 Å². The van der Waals surface area contributed by atoms with E-state index in [1.54, 1.807) is 0 Å². The van der Waals surface area contributed by atoms with Crippen LogP contribution in [-0.2, 0) is 9.53 Å². The molecule has 2 aliphatic carbocycles. The molecule has 0 radical (unpaired) electrons. The van der Waals surface area contributed by atoms with Gasteiger partial charge < -0.3 is 15.6 Å². The molecule has 4 atom stereocenters. The summed E-state index contributed by atoms with van der Waals surface area (Å²) in [4.78, 5) is 11.2. The van der Waals surface area contributed by atoms with E-state index in [-0.39, 0.29) is 5.41 Å². The molecule has 21 heavy (non-hydrogen) atoms. The number of rotatable bonds is 7. The van der Waals surface area contributed by atoms with Crippen molar-refractivity contribution < 1.29 is 14.6 Å². The van der Waals surface area contributed by atoms with Gasteiger partial charge in [-0.15, -0.1) is 0 Å². The van der Waals surface area contributed by atoms with Crippen molar-refractivity contribution in [3.05, 3.63) is 0 Å². The predicted octanol–water partition coefficient (Wildman–Crippen LogP) is 3.19. The minimum absolute atomic E-state index is 0.273. The molecule has 122 valence electrons. The molecule has 0 heterocycles. The van der Waals surface area contributed by atoms with Gasteiger partial charge in [-0.1, -0.05) is 27.7 Å². The van der Waals surface area contributed by atoms with Crippen LogP contribution in [0.2, 0.25) is 0 Å². The monoisotopic (exact) mass is 297 g/mol. The van der Waals surface area contributed by atoms with Crippen LogP contribution < -0.4 is 5.73 Å². The van der Waals surface area contributed by atoms with Crippen LogP contribution in [0.1, 0.15) is 66.2 Å². The largest absolute Gasteiger partial charge is 0.480 e. The standard InChI is InChI=1S/C17H31NO3/c1-5-17(18,14(19)20)8-6-10-21-13-11-12-7-9-16(13,4)15(12,2)3/h12-13H,5-11,18H2,1-4H3,(H,19,20). The van der Waals surface area contributed by atoms with Gasteiger partial charge in [-0.3, -0.25) is 4.79 Å². The van der Waals surface area contributed by atoms with Crippen LogP contribution in [0, 0.1) is 16.7 Å². The summed E-state index contributed by atoms with van der Waals surface area (Å²) in [5.41, 5.74) is 5.45. The van der Waals surface area contributed by atoms with E-state index in [0.29, 0.717) is 37.4 Å². The lowest BCUT2D eigenvalue weighted by Crippen LogP contribution is -2.47. The number of nitrogens with two attached hydrogens (primary N) is 1. The van der Waals surface area contributed by atoms with Crippen molar-refractivity contribution in [3.63, 3.8) is 0 Å². The van der Waals surface area contributed by atoms with Crippen molar-refractivity contribution in [3.8, 4) is 0 Å². The third-order valence-electron chi connectivity index (χ3n) is 6.86. The molecule has 0 aliphatic heterocycles. The molecule has 2 bridgehead atoms. The van der Waals surface area contributed by atoms with Crippen molar-refractivity contribution >= 4 is 5.97 Å². The summed E-state index contributed by atoms with van der Waals surface area (Å²) in [5, 5.41) is 9.17. The van der Waals surface area contributed by atoms with Crippen LogP contribution in [0.25, 0.3) is 0 Å². The van der Waals surface area contributed by atoms with Crippen LogP contribution in [-0.4, -0.2) is 29.3 Å². The summed E-state index contributed by atoms with van der Waals surface area (Å²) < 4.78 is 6.15. The van der Waals surface area contributed by atoms with E-state index in [1.165, 1.54) is 12.8 Å².